The highest BCUT2D eigenvalue weighted by Gasteiger charge is 2.15. The van der Waals surface area contributed by atoms with Gasteiger partial charge in [0.15, 0.2) is 0 Å². The van der Waals surface area contributed by atoms with Crippen molar-refractivity contribution in [3.8, 4) is 16.9 Å². The van der Waals surface area contributed by atoms with E-state index in [1.807, 2.05) is 30.3 Å². The Labute approximate surface area is 107 Å². The number of anilines is 1. The highest BCUT2D eigenvalue weighted by molar-refractivity contribution is 5.71. The van der Waals surface area contributed by atoms with E-state index in [1.165, 1.54) is 12.8 Å². The van der Waals surface area contributed by atoms with Crippen molar-refractivity contribution in [3.05, 3.63) is 48.5 Å². The minimum Gasteiger partial charge on any atom is -0.506 e. The molecule has 0 aromatic heterocycles. The topological polar surface area (TPSA) is 23.5 Å². The number of rotatable bonds is 2. The SMILES string of the molecule is Oc1cc(-c2ccccc2)ccc1N1CCCC1. The maximum absolute atomic E-state index is 10.2. The monoisotopic (exact) mass is 239 g/mol. The molecule has 92 valence electrons. The van der Waals surface area contributed by atoms with Gasteiger partial charge in [-0.05, 0) is 36.1 Å². The van der Waals surface area contributed by atoms with Crippen LogP contribution in [-0.2, 0) is 0 Å². The number of benzene rings is 2. The Morgan fingerprint density at radius 2 is 1.56 bits per heavy atom. The standard InChI is InChI=1S/C16H17NO/c18-16-12-14(13-6-2-1-3-7-13)8-9-15(16)17-10-4-5-11-17/h1-3,6-9,12,18H,4-5,10-11H2. The molecule has 2 aromatic rings. The first-order valence-electron chi connectivity index (χ1n) is 6.48. The lowest BCUT2D eigenvalue weighted by Gasteiger charge is -2.19. The van der Waals surface area contributed by atoms with Crippen LogP contribution in [0.2, 0.25) is 0 Å². The first-order chi connectivity index (χ1) is 8.84. The summed E-state index contributed by atoms with van der Waals surface area (Å²) in [5, 5.41) is 10.2. The molecule has 2 nitrogen and oxygen atoms in total. The van der Waals surface area contributed by atoms with Crippen LogP contribution in [0.1, 0.15) is 12.8 Å². The van der Waals surface area contributed by atoms with Gasteiger partial charge in [-0.1, -0.05) is 36.4 Å². The summed E-state index contributed by atoms with van der Waals surface area (Å²) in [5.41, 5.74) is 3.17. The maximum Gasteiger partial charge on any atom is 0.139 e. The maximum atomic E-state index is 10.2. The first kappa shape index (κ1) is 11.1. The largest absolute Gasteiger partial charge is 0.506 e. The molecule has 1 fully saturated rings. The summed E-state index contributed by atoms with van der Waals surface area (Å²) in [4.78, 5) is 2.25. The third-order valence-electron chi connectivity index (χ3n) is 3.53. The van der Waals surface area contributed by atoms with Gasteiger partial charge in [-0.25, -0.2) is 0 Å². The smallest absolute Gasteiger partial charge is 0.139 e. The van der Waals surface area contributed by atoms with E-state index in [9.17, 15) is 5.11 Å². The fraction of sp³-hybridized carbons (Fsp3) is 0.250. The van der Waals surface area contributed by atoms with Gasteiger partial charge in [-0.2, -0.15) is 0 Å². The summed E-state index contributed by atoms with van der Waals surface area (Å²) < 4.78 is 0. The quantitative estimate of drug-likeness (QED) is 0.864. The molecule has 1 aliphatic rings. The third-order valence-corrected chi connectivity index (χ3v) is 3.53. The van der Waals surface area contributed by atoms with Gasteiger partial charge in [-0.15, -0.1) is 0 Å². The van der Waals surface area contributed by atoms with Crippen molar-refractivity contribution in [2.75, 3.05) is 18.0 Å². The molecule has 0 bridgehead atoms. The van der Waals surface area contributed by atoms with E-state index in [1.54, 1.807) is 0 Å². The van der Waals surface area contributed by atoms with Gasteiger partial charge in [0.1, 0.15) is 5.75 Å². The predicted octanol–water partition coefficient (Wildman–Crippen LogP) is 3.66. The summed E-state index contributed by atoms with van der Waals surface area (Å²) in [6.45, 7) is 2.11. The van der Waals surface area contributed by atoms with E-state index < -0.39 is 0 Å². The minimum absolute atomic E-state index is 0.387. The normalized spacial score (nSPS) is 15.0. The van der Waals surface area contributed by atoms with Gasteiger partial charge in [0.25, 0.3) is 0 Å². The summed E-state index contributed by atoms with van der Waals surface area (Å²) in [5.74, 6) is 0.387. The van der Waals surface area contributed by atoms with Crippen molar-refractivity contribution in [2.24, 2.45) is 0 Å². The van der Waals surface area contributed by atoms with Crippen LogP contribution in [-0.4, -0.2) is 18.2 Å². The van der Waals surface area contributed by atoms with Crippen molar-refractivity contribution in [1.29, 1.82) is 0 Å². The second kappa shape index (κ2) is 4.73. The molecular formula is C16H17NO. The zero-order chi connectivity index (χ0) is 12.4. The summed E-state index contributed by atoms with van der Waals surface area (Å²) in [7, 11) is 0. The van der Waals surface area contributed by atoms with Gasteiger partial charge in [0, 0.05) is 13.1 Å². The van der Waals surface area contributed by atoms with Crippen molar-refractivity contribution in [1.82, 2.24) is 0 Å². The number of nitrogens with zero attached hydrogens (tertiary/aromatic N) is 1. The Kier molecular flexibility index (Phi) is 2.93. The molecule has 0 aliphatic carbocycles. The molecule has 2 aromatic carbocycles. The van der Waals surface area contributed by atoms with Crippen LogP contribution in [0.3, 0.4) is 0 Å². The zero-order valence-electron chi connectivity index (χ0n) is 10.3. The number of aromatic hydroxyl groups is 1. The minimum atomic E-state index is 0.387. The molecule has 1 saturated heterocycles. The van der Waals surface area contributed by atoms with Gasteiger partial charge in [0.2, 0.25) is 0 Å². The predicted molar refractivity (Wildman–Crippen MR) is 75.0 cm³/mol. The average Bonchev–Trinajstić information content (AvgIpc) is 2.93. The van der Waals surface area contributed by atoms with Crippen LogP contribution in [0.4, 0.5) is 5.69 Å². The molecule has 3 rings (SSSR count). The van der Waals surface area contributed by atoms with Crippen LogP contribution in [0.5, 0.6) is 5.75 Å². The molecule has 0 saturated carbocycles. The third kappa shape index (κ3) is 2.06. The molecule has 1 heterocycles. The van der Waals surface area contributed by atoms with E-state index in [4.69, 9.17) is 0 Å². The highest BCUT2D eigenvalue weighted by atomic mass is 16.3. The zero-order valence-corrected chi connectivity index (χ0v) is 10.3. The van der Waals surface area contributed by atoms with Crippen LogP contribution >= 0.6 is 0 Å². The molecule has 0 atom stereocenters. The average molecular weight is 239 g/mol. The summed E-state index contributed by atoms with van der Waals surface area (Å²) >= 11 is 0. The number of phenolic OH excluding ortho intramolecular Hbond substituents is 1. The summed E-state index contributed by atoms with van der Waals surface area (Å²) in [6.07, 6.45) is 2.44. The van der Waals surface area contributed by atoms with Crippen molar-refractivity contribution in [2.45, 2.75) is 12.8 Å². The lowest BCUT2D eigenvalue weighted by molar-refractivity contribution is 0.475. The molecule has 2 heteroatoms. The molecule has 0 amide bonds. The molecular weight excluding hydrogens is 222 g/mol. The Bertz CT molecular complexity index is 530. The fourth-order valence-electron chi connectivity index (χ4n) is 2.56. The molecule has 1 aliphatic heterocycles. The van der Waals surface area contributed by atoms with Gasteiger partial charge < -0.3 is 10.0 Å². The highest BCUT2D eigenvalue weighted by Crippen LogP contribution is 2.33. The van der Waals surface area contributed by atoms with Gasteiger partial charge >= 0.3 is 0 Å². The number of hydrogen-bond acceptors (Lipinski definition) is 2. The second-order valence-corrected chi connectivity index (χ2v) is 4.76. The Balaban J connectivity index is 1.94. The lowest BCUT2D eigenvalue weighted by Crippen LogP contribution is -2.17. The van der Waals surface area contributed by atoms with E-state index in [0.29, 0.717) is 5.75 Å². The van der Waals surface area contributed by atoms with E-state index in [2.05, 4.69) is 23.1 Å². The van der Waals surface area contributed by atoms with E-state index >= 15 is 0 Å². The molecule has 0 spiro atoms. The Morgan fingerprint density at radius 3 is 2.22 bits per heavy atom. The van der Waals surface area contributed by atoms with Crippen molar-refractivity contribution in [3.63, 3.8) is 0 Å². The Hall–Kier alpha value is -1.96. The van der Waals surface area contributed by atoms with Crippen LogP contribution in [0, 0.1) is 0 Å². The molecule has 1 N–H and O–H groups in total. The van der Waals surface area contributed by atoms with Gasteiger partial charge in [-0.3, -0.25) is 0 Å². The number of phenols is 1. The molecule has 0 unspecified atom stereocenters. The first-order valence-corrected chi connectivity index (χ1v) is 6.48. The molecule has 18 heavy (non-hydrogen) atoms. The lowest BCUT2D eigenvalue weighted by atomic mass is 10.0. The van der Waals surface area contributed by atoms with Crippen molar-refractivity contribution < 1.29 is 5.11 Å². The van der Waals surface area contributed by atoms with Crippen molar-refractivity contribution >= 4 is 5.69 Å². The molecule has 0 radical (unpaired) electrons. The van der Waals surface area contributed by atoms with E-state index in [0.717, 1.165) is 29.9 Å². The fourth-order valence-corrected chi connectivity index (χ4v) is 2.56. The Morgan fingerprint density at radius 1 is 0.833 bits per heavy atom. The van der Waals surface area contributed by atoms with Crippen LogP contribution < -0.4 is 4.90 Å². The van der Waals surface area contributed by atoms with Crippen LogP contribution in [0.25, 0.3) is 11.1 Å². The number of hydrogen-bond donors (Lipinski definition) is 1. The van der Waals surface area contributed by atoms with Gasteiger partial charge in [0.05, 0.1) is 5.69 Å². The van der Waals surface area contributed by atoms with Crippen LogP contribution in [0.15, 0.2) is 48.5 Å². The summed E-state index contributed by atoms with van der Waals surface area (Å²) in [6, 6.07) is 16.1. The second-order valence-electron chi connectivity index (χ2n) is 4.76. The van der Waals surface area contributed by atoms with E-state index in [-0.39, 0.29) is 0 Å².